The van der Waals surface area contributed by atoms with Crippen molar-refractivity contribution in [2.45, 2.75) is 90.9 Å². The Morgan fingerprint density at radius 1 is 1.00 bits per heavy atom. The molecule has 1 aromatic carbocycles. The minimum absolute atomic E-state index is 0.288. The lowest BCUT2D eigenvalue weighted by Gasteiger charge is -2.36. The van der Waals surface area contributed by atoms with Crippen LogP contribution in [-0.2, 0) is 0 Å². The highest BCUT2D eigenvalue weighted by molar-refractivity contribution is 5.74. The number of hydrogen-bond donors (Lipinski definition) is 0. The Bertz CT molecular complexity index is 621. The molecule has 0 aliphatic heterocycles. The molecule has 0 heterocycles. The van der Waals surface area contributed by atoms with Crippen molar-refractivity contribution in [2.75, 3.05) is 0 Å². The van der Waals surface area contributed by atoms with E-state index in [4.69, 9.17) is 6.58 Å². The summed E-state index contributed by atoms with van der Waals surface area (Å²) in [5.74, 6) is 0.822. The molecule has 1 fully saturated rings. The van der Waals surface area contributed by atoms with Crippen LogP contribution in [0, 0.1) is 11.3 Å². The van der Waals surface area contributed by atoms with Gasteiger partial charge in [-0.05, 0) is 62.0 Å². The first kappa shape index (κ1) is 19.5. The summed E-state index contributed by atoms with van der Waals surface area (Å²) in [4.78, 5) is 0. The van der Waals surface area contributed by atoms with E-state index in [1.165, 1.54) is 88.2 Å². The second kappa shape index (κ2) is 9.07. The van der Waals surface area contributed by atoms with Crippen LogP contribution in [0.4, 0.5) is 0 Å². The first-order valence-electron chi connectivity index (χ1n) is 11.2. The van der Waals surface area contributed by atoms with Crippen molar-refractivity contribution in [1.29, 1.82) is 0 Å². The Morgan fingerprint density at radius 3 is 2.50 bits per heavy atom. The van der Waals surface area contributed by atoms with E-state index < -0.39 is 0 Å². The van der Waals surface area contributed by atoms with Crippen LogP contribution in [0.1, 0.15) is 96.5 Å². The van der Waals surface area contributed by atoms with Gasteiger partial charge in [-0.3, -0.25) is 0 Å². The van der Waals surface area contributed by atoms with E-state index in [1.807, 2.05) is 11.1 Å². The van der Waals surface area contributed by atoms with Gasteiger partial charge in [-0.15, -0.1) is 0 Å². The third kappa shape index (κ3) is 3.71. The Kier molecular flexibility index (Phi) is 6.79. The van der Waals surface area contributed by atoms with Crippen LogP contribution in [0.3, 0.4) is 0 Å². The van der Waals surface area contributed by atoms with Crippen LogP contribution in [0.5, 0.6) is 0 Å². The first-order chi connectivity index (χ1) is 12.7. The molecule has 2 atom stereocenters. The lowest BCUT2D eigenvalue weighted by Crippen LogP contribution is -2.25. The molecule has 0 heteroatoms. The van der Waals surface area contributed by atoms with Crippen molar-refractivity contribution < 1.29 is 0 Å². The lowest BCUT2D eigenvalue weighted by molar-refractivity contribution is 0.369. The lowest BCUT2D eigenvalue weighted by atomic mass is 9.67. The molecule has 0 aromatic heterocycles. The summed E-state index contributed by atoms with van der Waals surface area (Å²) in [7, 11) is 0. The smallest absolute Gasteiger partial charge is 0.0195 e. The fourth-order valence-corrected chi connectivity index (χ4v) is 5.74. The van der Waals surface area contributed by atoms with Gasteiger partial charge in [-0.2, -0.15) is 0 Å². The largest absolute Gasteiger partial charge is 0.0943 e. The number of benzene rings is 1. The third-order valence-corrected chi connectivity index (χ3v) is 7.05. The summed E-state index contributed by atoms with van der Waals surface area (Å²) in [6, 6.07) is 11.0. The second-order valence-electron chi connectivity index (χ2n) is 8.61. The number of rotatable bonds is 10. The zero-order valence-corrected chi connectivity index (χ0v) is 17.2. The normalized spacial score (nSPS) is 24.9. The predicted molar refractivity (Wildman–Crippen MR) is 115 cm³/mol. The highest BCUT2D eigenvalue weighted by Crippen LogP contribution is 2.64. The summed E-state index contributed by atoms with van der Waals surface area (Å²) in [6.45, 7) is 9.35. The van der Waals surface area contributed by atoms with Gasteiger partial charge in [0.15, 0.2) is 0 Å². The van der Waals surface area contributed by atoms with E-state index >= 15 is 0 Å². The molecular formula is C26H38. The highest BCUT2D eigenvalue weighted by atomic mass is 14.6. The summed E-state index contributed by atoms with van der Waals surface area (Å²) >= 11 is 0. The van der Waals surface area contributed by atoms with Gasteiger partial charge >= 0.3 is 0 Å². The maximum Gasteiger partial charge on any atom is 0.0195 e. The average Bonchev–Trinajstić information content (AvgIpc) is 3.21. The third-order valence-electron chi connectivity index (χ3n) is 7.05. The molecule has 2 aliphatic carbocycles. The highest BCUT2D eigenvalue weighted by Gasteiger charge is 2.51. The van der Waals surface area contributed by atoms with E-state index in [1.54, 1.807) is 0 Å². The van der Waals surface area contributed by atoms with Gasteiger partial charge in [0.25, 0.3) is 0 Å². The van der Waals surface area contributed by atoms with E-state index in [2.05, 4.69) is 44.2 Å². The van der Waals surface area contributed by atoms with Crippen molar-refractivity contribution in [3.05, 3.63) is 53.6 Å². The second-order valence-corrected chi connectivity index (χ2v) is 8.61. The topological polar surface area (TPSA) is 0 Å². The predicted octanol–water partition coefficient (Wildman–Crippen LogP) is 8.35. The minimum atomic E-state index is 0.288. The van der Waals surface area contributed by atoms with Crippen molar-refractivity contribution >= 4 is 5.57 Å². The summed E-state index contributed by atoms with van der Waals surface area (Å²) in [5.41, 5.74) is 6.75. The SMILES string of the molecule is C=C(c1ccccc1)[C@@]12CCC[C@@H]1CC(CCCCCC)=C2CCCC. The monoisotopic (exact) mass is 350 g/mol. The number of allylic oxidation sites excluding steroid dienone is 3. The molecule has 0 N–H and O–H groups in total. The Hall–Kier alpha value is -1.30. The average molecular weight is 351 g/mol. The van der Waals surface area contributed by atoms with Gasteiger partial charge in [0.05, 0.1) is 0 Å². The first-order valence-corrected chi connectivity index (χ1v) is 11.2. The molecule has 3 rings (SSSR count). The van der Waals surface area contributed by atoms with E-state index in [0.29, 0.717) is 0 Å². The Balaban J connectivity index is 1.90. The van der Waals surface area contributed by atoms with Gasteiger partial charge in [0, 0.05) is 5.41 Å². The van der Waals surface area contributed by atoms with Gasteiger partial charge < -0.3 is 0 Å². The number of hydrogen-bond acceptors (Lipinski definition) is 0. The number of fused-ring (bicyclic) bond motifs is 1. The quantitative estimate of drug-likeness (QED) is 0.294. The van der Waals surface area contributed by atoms with Crippen molar-refractivity contribution in [1.82, 2.24) is 0 Å². The molecule has 0 saturated heterocycles. The number of unbranched alkanes of at least 4 members (excludes halogenated alkanes) is 4. The molecule has 0 spiro atoms. The van der Waals surface area contributed by atoms with Crippen LogP contribution < -0.4 is 0 Å². The Morgan fingerprint density at radius 2 is 1.77 bits per heavy atom. The van der Waals surface area contributed by atoms with Gasteiger partial charge in [0.2, 0.25) is 0 Å². The molecule has 0 unspecified atom stereocenters. The fourth-order valence-electron chi connectivity index (χ4n) is 5.74. The molecule has 1 aromatic rings. The van der Waals surface area contributed by atoms with E-state index in [-0.39, 0.29) is 5.41 Å². The zero-order valence-electron chi connectivity index (χ0n) is 17.2. The molecule has 0 nitrogen and oxygen atoms in total. The van der Waals surface area contributed by atoms with Crippen LogP contribution >= 0.6 is 0 Å². The Labute approximate surface area is 161 Å². The molecule has 0 bridgehead atoms. The maximum atomic E-state index is 4.71. The van der Waals surface area contributed by atoms with E-state index in [0.717, 1.165) is 5.92 Å². The van der Waals surface area contributed by atoms with E-state index in [9.17, 15) is 0 Å². The van der Waals surface area contributed by atoms with Crippen molar-refractivity contribution in [2.24, 2.45) is 11.3 Å². The molecular weight excluding hydrogens is 312 g/mol. The maximum absolute atomic E-state index is 4.71. The van der Waals surface area contributed by atoms with Crippen LogP contribution in [0.15, 0.2) is 48.1 Å². The summed E-state index contributed by atoms with van der Waals surface area (Å²) in [6.07, 6.45) is 16.3. The summed E-state index contributed by atoms with van der Waals surface area (Å²) in [5, 5.41) is 0. The van der Waals surface area contributed by atoms with Gasteiger partial charge in [-0.1, -0.05) is 94.0 Å². The fraction of sp³-hybridized carbons (Fsp3) is 0.615. The van der Waals surface area contributed by atoms with Crippen LogP contribution in [0.2, 0.25) is 0 Å². The zero-order chi connectivity index (χ0) is 18.4. The molecule has 26 heavy (non-hydrogen) atoms. The molecule has 1 saturated carbocycles. The van der Waals surface area contributed by atoms with Crippen molar-refractivity contribution in [3.63, 3.8) is 0 Å². The van der Waals surface area contributed by atoms with Crippen molar-refractivity contribution in [3.8, 4) is 0 Å². The van der Waals surface area contributed by atoms with Gasteiger partial charge in [-0.25, -0.2) is 0 Å². The van der Waals surface area contributed by atoms with Gasteiger partial charge in [0.1, 0.15) is 0 Å². The molecule has 142 valence electrons. The molecule has 2 aliphatic rings. The minimum Gasteiger partial charge on any atom is -0.0943 e. The standard InChI is InChI=1S/C26H38/c1-4-6-8-10-16-23-20-24-17-13-19-26(24,25(23)18-7-5-2)21(3)22-14-11-9-12-15-22/h9,11-12,14-15,24H,3-8,10,13,16-20H2,1-2H3/t24-,26+/m1/s1. The van der Waals surface area contributed by atoms with Crippen LogP contribution in [-0.4, -0.2) is 0 Å². The summed E-state index contributed by atoms with van der Waals surface area (Å²) < 4.78 is 0. The molecule has 0 radical (unpaired) electrons. The molecule has 0 amide bonds. The van der Waals surface area contributed by atoms with Crippen LogP contribution in [0.25, 0.3) is 5.57 Å².